The molecule has 4 rings (SSSR count). The van der Waals surface area contributed by atoms with Gasteiger partial charge >= 0.3 is 0 Å². The molecule has 0 atom stereocenters. The molecule has 0 bridgehead atoms. The molecule has 0 aliphatic heterocycles. The Labute approximate surface area is 168 Å². The van der Waals surface area contributed by atoms with E-state index in [1.165, 1.54) is 23.5 Å². The van der Waals surface area contributed by atoms with Gasteiger partial charge in [0.2, 0.25) is 0 Å². The SMILES string of the molecule is O=C(c1cccc(F)c1)N(Cc1ccccc1)c1nc2ccc(Br)cc2s1. The molecular weight excluding hydrogens is 427 g/mol. The molecule has 1 amide bonds. The van der Waals surface area contributed by atoms with Crippen LogP contribution in [-0.4, -0.2) is 10.9 Å². The lowest BCUT2D eigenvalue weighted by Gasteiger charge is -2.20. The predicted molar refractivity (Wildman–Crippen MR) is 111 cm³/mol. The summed E-state index contributed by atoms with van der Waals surface area (Å²) in [5.41, 5.74) is 2.09. The Balaban J connectivity index is 1.77. The van der Waals surface area contributed by atoms with Crippen molar-refractivity contribution in [1.29, 1.82) is 0 Å². The van der Waals surface area contributed by atoms with Crippen LogP contribution in [0.1, 0.15) is 15.9 Å². The van der Waals surface area contributed by atoms with Crippen molar-refractivity contribution >= 4 is 48.5 Å². The number of carbonyl (C=O) groups excluding carboxylic acids is 1. The summed E-state index contributed by atoms with van der Waals surface area (Å²) in [5.74, 6) is -0.717. The number of thiazole rings is 1. The molecule has 0 aliphatic rings. The van der Waals surface area contributed by atoms with Crippen LogP contribution in [0, 0.1) is 5.82 Å². The molecule has 1 heterocycles. The molecular formula is C21H14BrFN2OS. The third-order valence-corrected chi connectivity index (χ3v) is 5.60. The molecule has 0 radical (unpaired) electrons. The number of amides is 1. The third kappa shape index (κ3) is 3.91. The van der Waals surface area contributed by atoms with Crippen LogP contribution in [-0.2, 0) is 6.54 Å². The number of aromatic nitrogens is 1. The average Bonchev–Trinajstić information content (AvgIpc) is 3.09. The minimum Gasteiger partial charge on any atom is -0.279 e. The first-order valence-electron chi connectivity index (χ1n) is 8.27. The zero-order valence-electron chi connectivity index (χ0n) is 14.1. The first-order valence-corrected chi connectivity index (χ1v) is 9.88. The lowest BCUT2D eigenvalue weighted by atomic mass is 10.1. The van der Waals surface area contributed by atoms with Crippen LogP contribution in [0.15, 0.2) is 77.3 Å². The largest absolute Gasteiger partial charge is 0.279 e. The molecule has 3 nitrogen and oxygen atoms in total. The van der Waals surface area contributed by atoms with E-state index >= 15 is 0 Å². The average molecular weight is 441 g/mol. The Kier molecular flexibility index (Phi) is 5.01. The van der Waals surface area contributed by atoms with Crippen molar-refractivity contribution in [3.05, 3.63) is 94.2 Å². The maximum absolute atomic E-state index is 13.6. The minimum absolute atomic E-state index is 0.281. The molecule has 3 aromatic carbocycles. The van der Waals surface area contributed by atoms with Gasteiger partial charge in [0.1, 0.15) is 5.82 Å². The van der Waals surface area contributed by atoms with Gasteiger partial charge in [-0.1, -0.05) is 63.7 Å². The second-order valence-corrected chi connectivity index (χ2v) is 7.92. The number of halogens is 2. The number of carbonyl (C=O) groups is 1. The maximum atomic E-state index is 13.6. The van der Waals surface area contributed by atoms with Crippen molar-refractivity contribution in [3.63, 3.8) is 0 Å². The summed E-state index contributed by atoms with van der Waals surface area (Å²) < 4.78 is 15.6. The van der Waals surface area contributed by atoms with E-state index in [9.17, 15) is 9.18 Å². The Bertz CT molecular complexity index is 1110. The van der Waals surface area contributed by atoms with Crippen molar-refractivity contribution in [1.82, 2.24) is 4.98 Å². The minimum atomic E-state index is -0.436. The second kappa shape index (κ2) is 7.58. The van der Waals surface area contributed by atoms with Gasteiger partial charge < -0.3 is 0 Å². The monoisotopic (exact) mass is 440 g/mol. The molecule has 0 spiro atoms. The molecule has 27 heavy (non-hydrogen) atoms. The molecule has 0 unspecified atom stereocenters. The molecule has 0 saturated heterocycles. The van der Waals surface area contributed by atoms with E-state index in [0.29, 0.717) is 17.2 Å². The second-order valence-electron chi connectivity index (χ2n) is 6.00. The highest BCUT2D eigenvalue weighted by atomic mass is 79.9. The van der Waals surface area contributed by atoms with Gasteiger partial charge in [0.05, 0.1) is 16.8 Å². The number of fused-ring (bicyclic) bond motifs is 1. The van der Waals surface area contributed by atoms with E-state index < -0.39 is 5.82 Å². The van der Waals surface area contributed by atoms with Gasteiger partial charge in [-0.25, -0.2) is 9.37 Å². The van der Waals surface area contributed by atoms with E-state index in [0.717, 1.165) is 20.3 Å². The van der Waals surface area contributed by atoms with Crippen molar-refractivity contribution in [2.24, 2.45) is 0 Å². The fourth-order valence-corrected chi connectivity index (χ4v) is 4.29. The number of hydrogen-bond acceptors (Lipinski definition) is 3. The molecule has 6 heteroatoms. The van der Waals surface area contributed by atoms with Gasteiger partial charge in [0.15, 0.2) is 5.13 Å². The summed E-state index contributed by atoms with van der Waals surface area (Å²) >= 11 is 4.90. The van der Waals surface area contributed by atoms with Gasteiger partial charge in [-0.3, -0.25) is 9.69 Å². The van der Waals surface area contributed by atoms with Crippen molar-refractivity contribution in [2.75, 3.05) is 4.90 Å². The first kappa shape index (κ1) is 17.8. The summed E-state index contributed by atoms with van der Waals surface area (Å²) in [6.45, 7) is 0.358. The Morgan fingerprint density at radius 3 is 2.63 bits per heavy atom. The number of anilines is 1. The summed E-state index contributed by atoms with van der Waals surface area (Å²) in [6, 6.07) is 21.2. The molecule has 0 fully saturated rings. The van der Waals surface area contributed by atoms with Crippen LogP contribution in [0.4, 0.5) is 9.52 Å². The van der Waals surface area contributed by atoms with E-state index in [2.05, 4.69) is 20.9 Å². The van der Waals surface area contributed by atoms with Crippen molar-refractivity contribution < 1.29 is 9.18 Å². The molecule has 4 aromatic rings. The standard InChI is InChI=1S/C21H14BrFN2OS/c22-16-9-10-18-19(12-16)27-21(24-18)25(13-14-5-2-1-3-6-14)20(26)15-7-4-8-17(23)11-15/h1-12H,13H2. The van der Waals surface area contributed by atoms with E-state index in [1.54, 1.807) is 17.0 Å². The van der Waals surface area contributed by atoms with Gasteiger partial charge in [-0.05, 0) is 42.0 Å². The Morgan fingerprint density at radius 2 is 1.85 bits per heavy atom. The quantitative estimate of drug-likeness (QED) is 0.387. The summed E-state index contributed by atoms with van der Waals surface area (Å²) in [7, 11) is 0. The zero-order chi connectivity index (χ0) is 18.8. The molecule has 134 valence electrons. The molecule has 0 saturated carbocycles. The Morgan fingerprint density at radius 1 is 1.04 bits per heavy atom. The topological polar surface area (TPSA) is 33.2 Å². The lowest BCUT2D eigenvalue weighted by molar-refractivity contribution is 0.0984. The normalized spacial score (nSPS) is 10.9. The smallest absolute Gasteiger partial charge is 0.260 e. The molecule has 0 N–H and O–H groups in total. The van der Waals surface area contributed by atoms with Crippen LogP contribution in [0.3, 0.4) is 0 Å². The van der Waals surface area contributed by atoms with Crippen LogP contribution in [0.25, 0.3) is 10.2 Å². The number of nitrogens with zero attached hydrogens (tertiary/aromatic N) is 2. The van der Waals surface area contributed by atoms with Gasteiger partial charge in [-0.15, -0.1) is 0 Å². The van der Waals surface area contributed by atoms with Crippen LogP contribution >= 0.6 is 27.3 Å². The van der Waals surface area contributed by atoms with E-state index in [1.807, 2.05) is 48.5 Å². The van der Waals surface area contributed by atoms with Gasteiger partial charge in [0.25, 0.3) is 5.91 Å². The zero-order valence-corrected chi connectivity index (χ0v) is 16.5. The summed E-state index contributed by atoms with van der Waals surface area (Å²) in [5, 5.41) is 0.584. The number of rotatable bonds is 4. The predicted octanol–water partition coefficient (Wildman–Crippen LogP) is 6.04. The lowest BCUT2D eigenvalue weighted by Crippen LogP contribution is -2.30. The Hall–Kier alpha value is -2.57. The fourth-order valence-electron chi connectivity index (χ4n) is 2.77. The van der Waals surface area contributed by atoms with Crippen LogP contribution in [0.2, 0.25) is 0 Å². The highest BCUT2D eigenvalue weighted by Crippen LogP contribution is 2.32. The molecule has 0 aliphatic carbocycles. The van der Waals surface area contributed by atoms with E-state index in [4.69, 9.17) is 0 Å². The maximum Gasteiger partial charge on any atom is 0.260 e. The molecule has 1 aromatic heterocycles. The fraction of sp³-hybridized carbons (Fsp3) is 0.0476. The highest BCUT2D eigenvalue weighted by molar-refractivity contribution is 9.10. The van der Waals surface area contributed by atoms with Crippen LogP contribution in [0.5, 0.6) is 0 Å². The van der Waals surface area contributed by atoms with Crippen molar-refractivity contribution in [3.8, 4) is 0 Å². The summed E-state index contributed by atoms with van der Waals surface area (Å²) in [6.07, 6.45) is 0. The third-order valence-electron chi connectivity index (χ3n) is 4.07. The number of benzene rings is 3. The van der Waals surface area contributed by atoms with Crippen LogP contribution < -0.4 is 4.90 Å². The van der Waals surface area contributed by atoms with Gasteiger partial charge in [-0.2, -0.15) is 0 Å². The number of hydrogen-bond donors (Lipinski definition) is 0. The van der Waals surface area contributed by atoms with E-state index in [-0.39, 0.29) is 5.91 Å². The van der Waals surface area contributed by atoms with Gasteiger partial charge in [0, 0.05) is 10.0 Å². The highest BCUT2D eigenvalue weighted by Gasteiger charge is 2.22. The summed E-state index contributed by atoms with van der Waals surface area (Å²) in [4.78, 5) is 19.4. The first-order chi connectivity index (χ1) is 13.1. The van der Waals surface area contributed by atoms with Crippen molar-refractivity contribution in [2.45, 2.75) is 6.54 Å².